The molecule has 0 fully saturated rings. The van der Waals surface area contributed by atoms with Crippen LogP contribution in [0.3, 0.4) is 0 Å². The highest BCUT2D eigenvalue weighted by Crippen LogP contribution is 2.17. The first-order chi connectivity index (χ1) is 8.86. The second kappa shape index (κ2) is 4.33. The van der Waals surface area contributed by atoms with Crippen LogP contribution in [-0.4, -0.2) is 47.1 Å². The molecule has 0 radical (unpaired) electrons. The minimum Gasteiger partial charge on any atom is -0.332 e. The van der Waals surface area contributed by atoms with Crippen molar-refractivity contribution in [2.45, 2.75) is 6.54 Å². The SMILES string of the molecule is NCCn1cc(-c2nc(-c3cn[nH]n3)no2)nn1. The molecule has 0 unspecified atom stereocenters. The van der Waals surface area contributed by atoms with Crippen LogP contribution in [0.5, 0.6) is 0 Å². The summed E-state index contributed by atoms with van der Waals surface area (Å²) in [7, 11) is 0. The first kappa shape index (κ1) is 10.5. The predicted octanol–water partition coefficient (Wildman–Crippen LogP) is -0.928. The molecule has 0 aromatic carbocycles. The highest BCUT2D eigenvalue weighted by molar-refractivity contribution is 5.51. The Labute approximate surface area is 100 Å². The Kier molecular flexibility index (Phi) is 2.53. The summed E-state index contributed by atoms with van der Waals surface area (Å²) in [5, 5.41) is 21.6. The second-order valence-corrected chi connectivity index (χ2v) is 3.43. The number of aromatic nitrogens is 8. The molecule has 0 atom stereocenters. The summed E-state index contributed by atoms with van der Waals surface area (Å²) in [6, 6.07) is 0. The fourth-order valence-electron chi connectivity index (χ4n) is 1.38. The lowest BCUT2D eigenvalue weighted by molar-refractivity contribution is 0.430. The highest BCUT2D eigenvalue weighted by atomic mass is 16.5. The van der Waals surface area contributed by atoms with Gasteiger partial charge >= 0.3 is 0 Å². The average molecular weight is 247 g/mol. The first-order valence-corrected chi connectivity index (χ1v) is 5.17. The maximum atomic E-state index is 5.42. The van der Waals surface area contributed by atoms with E-state index in [2.05, 4.69) is 35.9 Å². The molecule has 0 aliphatic rings. The number of nitrogens with one attached hydrogen (secondary N) is 1. The molecule has 0 bridgehead atoms. The molecule has 10 nitrogen and oxygen atoms in total. The van der Waals surface area contributed by atoms with Gasteiger partial charge in [-0.3, -0.25) is 4.68 Å². The molecule has 0 aliphatic heterocycles. The van der Waals surface area contributed by atoms with E-state index in [1.54, 1.807) is 10.9 Å². The van der Waals surface area contributed by atoms with Crippen molar-refractivity contribution in [3.05, 3.63) is 12.4 Å². The Morgan fingerprint density at radius 2 is 2.33 bits per heavy atom. The molecule has 0 saturated heterocycles. The maximum Gasteiger partial charge on any atom is 0.280 e. The van der Waals surface area contributed by atoms with Crippen LogP contribution >= 0.6 is 0 Å². The number of H-pyrrole nitrogens is 1. The second-order valence-electron chi connectivity index (χ2n) is 3.43. The van der Waals surface area contributed by atoms with Gasteiger partial charge in [-0.2, -0.15) is 20.4 Å². The fourth-order valence-corrected chi connectivity index (χ4v) is 1.38. The third-order valence-electron chi connectivity index (χ3n) is 2.19. The zero-order valence-electron chi connectivity index (χ0n) is 9.19. The van der Waals surface area contributed by atoms with Gasteiger partial charge < -0.3 is 10.3 Å². The maximum absolute atomic E-state index is 5.42. The summed E-state index contributed by atoms with van der Waals surface area (Å²) >= 11 is 0. The van der Waals surface area contributed by atoms with E-state index in [0.29, 0.717) is 30.3 Å². The van der Waals surface area contributed by atoms with Gasteiger partial charge in [0.1, 0.15) is 0 Å². The van der Waals surface area contributed by atoms with Crippen LogP contribution in [0, 0.1) is 0 Å². The van der Waals surface area contributed by atoms with E-state index in [0.717, 1.165) is 0 Å². The molecule has 0 spiro atoms. The molecule has 18 heavy (non-hydrogen) atoms. The summed E-state index contributed by atoms with van der Waals surface area (Å²) in [6.07, 6.45) is 3.19. The van der Waals surface area contributed by atoms with Crippen molar-refractivity contribution in [3.63, 3.8) is 0 Å². The standard InChI is InChI=1S/C8H9N9O/c9-1-2-17-4-6(13-16-17)8-11-7(14-18-8)5-3-10-15-12-5/h3-4H,1-2,9H2,(H,10,12,15). The van der Waals surface area contributed by atoms with Crippen molar-refractivity contribution >= 4 is 0 Å². The van der Waals surface area contributed by atoms with Crippen LogP contribution in [0.2, 0.25) is 0 Å². The highest BCUT2D eigenvalue weighted by Gasteiger charge is 2.15. The summed E-state index contributed by atoms with van der Waals surface area (Å²) < 4.78 is 6.68. The van der Waals surface area contributed by atoms with E-state index in [1.165, 1.54) is 6.20 Å². The first-order valence-electron chi connectivity index (χ1n) is 5.17. The molecule has 3 heterocycles. The summed E-state index contributed by atoms with van der Waals surface area (Å²) in [6.45, 7) is 1.06. The van der Waals surface area contributed by atoms with Crippen LogP contribution in [0.25, 0.3) is 23.1 Å². The van der Waals surface area contributed by atoms with Crippen molar-refractivity contribution in [2.24, 2.45) is 5.73 Å². The quantitative estimate of drug-likeness (QED) is 0.603. The third-order valence-corrected chi connectivity index (χ3v) is 2.19. The molecule has 3 aromatic rings. The minimum absolute atomic E-state index is 0.274. The molecule has 0 aliphatic carbocycles. The van der Waals surface area contributed by atoms with Gasteiger partial charge in [0.15, 0.2) is 11.4 Å². The Morgan fingerprint density at radius 3 is 3.11 bits per heavy atom. The molecule has 92 valence electrons. The molecule has 0 saturated carbocycles. The largest absolute Gasteiger partial charge is 0.332 e. The monoisotopic (exact) mass is 247 g/mol. The van der Waals surface area contributed by atoms with Gasteiger partial charge in [0.25, 0.3) is 5.89 Å². The Hall–Kier alpha value is -2.62. The summed E-state index contributed by atoms with van der Waals surface area (Å²) in [5.41, 5.74) is 6.41. The molecular weight excluding hydrogens is 238 g/mol. The number of hydrogen-bond donors (Lipinski definition) is 2. The lowest BCUT2D eigenvalue weighted by Gasteiger charge is -1.91. The normalized spacial score (nSPS) is 10.9. The van der Waals surface area contributed by atoms with Crippen LogP contribution in [0.15, 0.2) is 16.9 Å². The number of nitrogens with two attached hydrogens (primary N) is 1. The minimum atomic E-state index is 0.274. The number of nitrogens with zero attached hydrogens (tertiary/aromatic N) is 7. The van der Waals surface area contributed by atoms with Crippen molar-refractivity contribution in [1.82, 2.24) is 40.5 Å². The van der Waals surface area contributed by atoms with Crippen molar-refractivity contribution in [3.8, 4) is 23.1 Å². The van der Waals surface area contributed by atoms with E-state index in [1.807, 2.05) is 0 Å². The van der Waals surface area contributed by atoms with E-state index in [-0.39, 0.29) is 5.89 Å². The zero-order chi connectivity index (χ0) is 12.4. The lowest BCUT2D eigenvalue weighted by Crippen LogP contribution is -2.10. The molecule has 3 aromatic heterocycles. The predicted molar refractivity (Wildman–Crippen MR) is 57.7 cm³/mol. The number of aromatic amines is 1. The molecule has 0 amide bonds. The molecule has 3 rings (SSSR count). The number of hydrogen-bond acceptors (Lipinski definition) is 8. The van der Waals surface area contributed by atoms with E-state index < -0.39 is 0 Å². The van der Waals surface area contributed by atoms with Crippen LogP contribution in [0.1, 0.15) is 0 Å². The molecule has 10 heteroatoms. The molecule has 3 N–H and O–H groups in total. The third kappa shape index (κ3) is 1.84. The average Bonchev–Trinajstić information content (AvgIpc) is 3.10. The summed E-state index contributed by atoms with van der Waals surface area (Å²) in [5.74, 6) is 0.614. The fraction of sp³-hybridized carbons (Fsp3) is 0.250. The Morgan fingerprint density at radius 1 is 1.39 bits per heavy atom. The zero-order valence-corrected chi connectivity index (χ0v) is 9.19. The van der Waals surface area contributed by atoms with Gasteiger partial charge in [-0.25, -0.2) is 0 Å². The van der Waals surface area contributed by atoms with Gasteiger partial charge in [0, 0.05) is 6.54 Å². The van der Waals surface area contributed by atoms with Gasteiger partial charge in [0.2, 0.25) is 5.82 Å². The molecular formula is C8H9N9O. The Bertz CT molecular complexity index is 625. The number of rotatable bonds is 4. The van der Waals surface area contributed by atoms with Crippen LogP contribution < -0.4 is 5.73 Å². The van der Waals surface area contributed by atoms with Crippen molar-refractivity contribution < 1.29 is 4.52 Å². The van der Waals surface area contributed by atoms with Gasteiger partial charge in [-0.05, 0) is 0 Å². The van der Waals surface area contributed by atoms with Crippen molar-refractivity contribution in [2.75, 3.05) is 6.54 Å². The van der Waals surface area contributed by atoms with Gasteiger partial charge in [0.05, 0.1) is 18.9 Å². The van der Waals surface area contributed by atoms with Gasteiger partial charge in [-0.1, -0.05) is 10.4 Å². The smallest absolute Gasteiger partial charge is 0.280 e. The van der Waals surface area contributed by atoms with E-state index in [9.17, 15) is 0 Å². The van der Waals surface area contributed by atoms with Crippen LogP contribution in [0.4, 0.5) is 0 Å². The van der Waals surface area contributed by atoms with Crippen molar-refractivity contribution in [1.29, 1.82) is 0 Å². The van der Waals surface area contributed by atoms with E-state index >= 15 is 0 Å². The topological polar surface area (TPSA) is 137 Å². The lowest BCUT2D eigenvalue weighted by atomic mass is 10.4. The van der Waals surface area contributed by atoms with Gasteiger partial charge in [-0.15, -0.1) is 5.10 Å². The Balaban J connectivity index is 1.88. The van der Waals surface area contributed by atoms with Crippen LogP contribution in [-0.2, 0) is 6.54 Å². The van der Waals surface area contributed by atoms with E-state index in [4.69, 9.17) is 10.3 Å². The summed E-state index contributed by atoms with van der Waals surface area (Å²) in [4.78, 5) is 4.15.